The van der Waals surface area contributed by atoms with E-state index in [1.807, 2.05) is 20.9 Å². The largest absolute Gasteiger partial charge is 0.344 e. The normalized spacial score (nSPS) is 19.6. The molecule has 17 heavy (non-hydrogen) atoms. The summed E-state index contributed by atoms with van der Waals surface area (Å²) in [7, 11) is 2.04. The summed E-state index contributed by atoms with van der Waals surface area (Å²) < 4.78 is 0. The van der Waals surface area contributed by atoms with Crippen LogP contribution in [0.4, 0.5) is 0 Å². The Labute approximate surface area is 103 Å². The molecule has 0 bridgehead atoms. The number of carbonyl (C=O) groups is 1. The third-order valence-electron chi connectivity index (χ3n) is 3.38. The Morgan fingerprint density at radius 1 is 1.29 bits per heavy atom. The molecule has 94 valence electrons. The zero-order valence-corrected chi connectivity index (χ0v) is 10.9. The van der Waals surface area contributed by atoms with Crippen molar-refractivity contribution < 1.29 is 4.79 Å². The van der Waals surface area contributed by atoms with Crippen molar-refractivity contribution in [1.29, 1.82) is 0 Å². The third kappa shape index (κ3) is 2.73. The number of benzene rings is 1. The molecule has 0 radical (unpaired) electrons. The first-order valence-electron chi connectivity index (χ1n) is 5.90. The average molecular weight is 234 g/mol. The van der Waals surface area contributed by atoms with Crippen LogP contribution in [0.2, 0.25) is 0 Å². The van der Waals surface area contributed by atoms with Gasteiger partial charge in [0.1, 0.15) is 0 Å². The van der Waals surface area contributed by atoms with Gasteiger partial charge in [-0.25, -0.2) is 0 Å². The first-order valence-corrected chi connectivity index (χ1v) is 5.90. The Morgan fingerprint density at radius 3 is 2.47 bits per heavy atom. The van der Waals surface area contributed by atoms with Gasteiger partial charge < -0.3 is 6.15 Å². The highest BCUT2D eigenvalue weighted by molar-refractivity contribution is 5.86. The summed E-state index contributed by atoms with van der Waals surface area (Å²) in [5.41, 5.74) is 2.69. The van der Waals surface area contributed by atoms with Crippen LogP contribution >= 0.6 is 0 Å². The van der Waals surface area contributed by atoms with Gasteiger partial charge in [0.25, 0.3) is 0 Å². The minimum Gasteiger partial charge on any atom is -0.344 e. The van der Waals surface area contributed by atoms with E-state index in [2.05, 4.69) is 29.2 Å². The predicted octanol–water partition coefficient (Wildman–Crippen LogP) is 2.43. The second kappa shape index (κ2) is 5.43. The van der Waals surface area contributed by atoms with Crippen molar-refractivity contribution in [2.45, 2.75) is 32.9 Å². The Morgan fingerprint density at radius 2 is 1.88 bits per heavy atom. The number of Topliss-reactive ketones (excluding diaryl/α,β-unsaturated/α-hetero) is 1. The summed E-state index contributed by atoms with van der Waals surface area (Å²) in [5.74, 6) is 0.481. The van der Waals surface area contributed by atoms with Gasteiger partial charge in [-0.15, -0.1) is 0 Å². The highest BCUT2D eigenvalue weighted by Crippen LogP contribution is 2.23. The maximum atomic E-state index is 12.1. The quantitative estimate of drug-likeness (QED) is 0.855. The van der Waals surface area contributed by atoms with Crippen LogP contribution in [0.5, 0.6) is 0 Å². The zero-order valence-electron chi connectivity index (χ0n) is 10.9. The third-order valence-corrected chi connectivity index (χ3v) is 3.38. The fraction of sp³-hybridized carbons (Fsp3) is 0.500. The second-order valence-electron chi connectivity index (χ2n) is 4.96. The van der Waals surface area contributed by atoms with E-state index in [-0.39, 0.29) is 18.1 Å². The lowest BCUT2D eigenvalue weighted by Crippen LogP contribution is -2.44. The number of carbonyl (C=O) groups excluding carboxylic acids is 1. The van der Waals surface area contributed by atoms with Crippen LogP contribution in [0, 0.1) is 5.92 Å². The van der Waals surface area contributed by atoms with Gasteiger partial charge in [0, 0.05) is 12.5 Å². The molecule has 1 aliphatic heterocycles. The van der Waals surface area contributed by atoms with E-state index in [0.717, 1.165) is 13.0 Å². The summed E-state index contributed by atoms with van der Waals surface area (Å²) in [6.45, 7) is 4.85. The minimum absolute atomic E-state index is 0. The number of hydrogen-bond donors (Lipinski definition) is 1. The molecule has 1 atom stereocenters. The summed E-state index contributed by atoms with van der Waals surface area (Å²) in [4.78, 5) is 14.2. The van der Waals surface area contributed by atoms with Crippen LogP contribution < -0.4 is 6.15 Å². The summed E-state index contributed by atoms with van der Waals surface area (Å²) in [6, 6.07) is 8.48. The van der Waals surface area contributed by atoms with Crippen molar-refractivity contribution in [2.75, 3.05) is 7.05 Å². The molecule has 1 aliphatic rings. The van der Waals surface area contributed by atoms with Gasteiger partial charge >= 0.3 is 0 Å². The van der Waals surface area contributed by atoms with Gasteiger partial charge in [-0.2, -0.15) is 0 Å². The molecule has 0 aliphatic carbocycles. The van der Waals surface area contributed by atoms with E-state index >= 15 is 0 Å². The molecule has 0 saturated heterocycles. The number of hydrogen-bond acceptors (Lipinski definition) is 3. The Bertz CT molecular complexity index is 401. The minimum atomic E-state index is 0. The lowest BCUT2D eigenvalue weighted by atomic mass is 9.89. The topological polar surface area (TPSA) is 55.3 Å². The number of nitrogens with zero attached hydrogens (tertiary/aromatic N) is 1. The molecule has 0 spiro atoms. The molecule has 3 heteroatoms. The van der Waals surface area contributed by atoms with Crippen molar-refractivity contribution in [2.24, 2.45) is 5.92 Å². The van der Waals surface area contributed by atoms with Gasteiger partial charge in [0.15, 0.2) is 5.78 Å². The standard InChI is InChI=1S/C14H19NO.H3N/c1-10(2)14(16)13-8-11-6-4-5-7-12(11)9-15(13)3;/h4-7,10,13H,8-9H2,1-3H3;1H3. The zero-order chi connectivity index (χ0) is 11.7. The molecule has 0 amide bonds. The van der Waals surface area contributed by atoms with Crippen LogP contribution in [0.15, 0.2) is 24.3 Å². The molecule has 0 aromatic heterocycles. The molecule has 0 saturated carbocycles. The SMILES string of the molecule is CC(C)C(=O)C1Cc2ccccc2CN1C.N. The lowest BCUT2D eigenvalue weighted by Gasteiger charge is -2.33. The van der Waals surface area contributed by atoms with Crippen molar-refractivity contribution in [3.8, 4) is 0 Å². The fourth-order valence-corrected chi connectivity index (χ4v) is 2.36. The summed E-state index contributed by atoms with van der Waals surface area (Å²) >= 11 is 0. The number of fused-ring (bicyclic) bond motifs is 1. The smallest absolute Gasteiger partial charge is 0.152 e. The van der Waals surface area contributed by atoms with Crippen LogP contribution in [-0.4, -0.2) is 23.8 Å². The van der Waals surface area contributed by atoms with Crippen molar-refractivity contribution in [1.82, 2.24) is 11.1 Å². The number of rotatable bonds is 2. The molecule has 0 fully saturated rings. The van der Waals surface area contributed by atoms with Crippen molar-refractivity contribution in [3.63, 3.8) is 0 Å². The summed E-state index contributed by atoms with van der Waals surface area (Å²) in [6.07, 6.45) is 0.865. The fourth-order valence-electron chi connectivity index (χ4n) is 2.36. The van der Waals surface area contributed by atoms with Crippen LogP contribution in [0.3, 0.4) is 0 Å². The van der Waals surface area contributed by atoms with E-state index in [1.54, 1.807) is 0 Å². The molecular weight excluding hydrogens is 212 g/mol. The molecule has 1 unspecified atom stereocenters. The van der Waals surface area contributed by atoms with Crippen LogP contribution in [0.1, 0.15) is 25.0 Å². The Kier molecular flexibility index (Phi) is 4.43. The van der Waals surface area contributed by atoms with E-state index < -0.39 is 0 Å². The second-order valence-corrected chi connectivity index (χ2v) is 4.96. The molecular formula is C14H22N2O. The predicted molar refractivity (Wildman–Crippen MR) is 70.3 cm³/mol. The van der Waals surface area contributed by atoms with E-state index in [1.165, 1.54) is 11.1 Å². The van der Waals surface area contributed by atoms with Gasteiger partial charge in [-0.3, -0.25) is 9.69 Å². The Balaban J connectivity index is 0.00000144. The number of likely N-dealkylation sites (N-methyl/N-ethyl adjacent to an activating group) is 1. The highest BCUT2D eigenvalue weighted by Gasteiger charge is 2.29. The summed E-state index contributed by atoms with van der Waals surface area (Å²) in [5, 5.41) is 0. The first-order chi connectivity index (χ1) is 7.59. The monoisotopic (exact) mass is 234 g/mol. The van der Waals surface area contributed by atoms with E-state index in [4.69, 9.17) is 0 Å². The van der Waals surface area contributed by atoms with Crippen molar-refractivity contribution >= 4 is 5.78 Å². The molecule has 1 aromatic carbocycles. The van der Waals surface area contributed by atoms with Crippen LogP contribution in [-0.2, 0) is 17.8 Å². The molecule has 1 aromatic rings. The van der Waals surface area contributed by atoms with Gasteiger partial charge in [0.05, 0.1) is 6.04 Å². The lowest BCUT2D eigenvalue weighted by molar-refractivity contribution is -0.127. The maximum Gasteiger partial charge on any atom is 0.152 e. The van der Waals surface area contributed by atoms with Gasteiger partial charge in [-0.1, -0.05) is 38.1 Å². The van der Waals surface area contributed by atoms with Gasteiger partial charge in [-0.05, 0) is 24.6 Å². The van der Waals surface area contributed by atoms with E-state index in [0.29, 0.717) is 5.78 Å². The first kappa shape index (κ1) is 13.9. The highest BCUT2D eigenvalue weighted by atomic mass is 16.1. The maximum absolute atomic E-state index is 12.1. The molecule has 3 nitrogen and oxygen atoms in total. The number of ketones is 1. The average Bonchev–Trinajstić information content (AvgIpc) is 2.27. The van der Waals surface area contributed by atoms with Gasteiger partial charge in [0.2, 0.25) is 0 Å². The molecule has 1 heterocycles. The van der Waals surface area contributed by atoms with Crippen molar-refractivity contribution in [3.05, 3.63) is 35.4 Å². The van der Waals surface area contributed by atoms with Crippen LogP contribution in [0.25, 0.3) is 0 Å². The molecule has 2 rings (SSSR count). The Hall–Kier alpha value is -1.19. The van der Waals surface area contributed by atoms with E-state index in [9.17, 15) is 4.79 Å². The molecule has 3 N–H and O–H groups in total.